The van der Waals surface area contributed by atoms with E-state index in [9.17, 15) is 0 Å². The zero-order chi connectivity index (χ0) is 13.2. The molecule has 2 N–H and O–H groups in total. The molecular weight excluding hydrogens is 260 g/mol. The lowest BCUT2D eigenvalue weighted by molar-refractivity contribution is 0.709. The van der Waals surface area contributed by atoms with Gasteiger partial charge in [-0.2, -0.15) is 0 Å². The Morgan fingerprint density at radius 1 is 1.37 bits per heavy atom. The van der Waals surface area contributed by atoms with Crippen molar-refractivity contribution in [1.82, 2.24) is 9.97 Å². The van der Waals surface area contributed by atoms with Gasteiger partial charge in [-0.05, 0) is 30.5 Å². The summed E-state index contributed by atoms with van der Waals surface area (Å²) < 4.78 is 0. The average molecular weight is 275 g/mol. The maximum Gasteiger partial charge on any atom is 0.152 e. The summed E-state index contributed by atoms with van der Waals surface area (Å²) >= 11 is 5.91. The predicted molar refractivity (Wildman–Crippen MR) is 77.2 cm³/mol. The normalized spacial score (nSPS) is 18.8. The van der Waals surface area contributed by atoms with Crippen LogP contribution in [0.1, 0.15) is 24.4 Å². The minimum atomic E-state index is 0.296. The van der Waals surface area contributed by atoms with Crippen molar-refractivity contribution in [1.29, 1.82) is 0 Å². The number of pyridine rings is 2. The van der Waals surface area contributed by atoms with E-state index < -0.39 is 0 Å². The first-order valence-electron chi connectivity index (χ1n) is 6.33. The third kappa shape index (κ3) is 2.36. The number of nitrogens with two attached hydrogens (primary N) is 1. The molecule has 0 spiro atoms. The smallest absolute Gasteiger partial charge is 0.152 e. The van der Waals surface area contributed by atoms with Gasteiger partial charge in [0.15, 0.2) is 5.82 Å². The number of hydrogen-bond acceptors (Lipinski definition) is 4. The van der Waals surface area contributed by atoms with Crippen molar-refractivity contribution >= 4 is 23.1 Å². The second-order valence-electron chi connectivity index (χ2n) is 4.70. The van der Waals surface area contributed by atoms with Gasteiger partial charge in [-0.1, -0.05) is 17.7 Å². The van der Waals surface area contributed by atoms with Gasteiger partial charge < -0.3 is 10.6 Å². The van der Waals surface area contributed by atoms with E-state index in [1.807, 2.05) is 12.3 Å². The molecule has 2 aromatic heterocycles. The number of nitrogens with zero attached hydrogens (tertiary/aromatic N) is 3. The molecule has 3 heterocycles. The Labute approximate surface area is 117 Å². The van der Waals surface area contributed by atoms with Crippen LogP contribution in [0.5, 0.6) is 0 Å². The molecule has 1 unspecified atom stereocenters. The van der Waals surface area contributed by atoms with Gasteiger partial charge in [0.05, 0.1) is 16.8 Å². The summed E-state index contributed by atoms with van der Waals surface area (Å²) in [6, 6.07) is 6.11. The molecule has 1 fully saturated rings. The third-order valence-corrected chi connectivity index (χ3v) is 3.66. The lowest BCUT2D eigenvalue weighted by Gasteiger charge is -2.26. The van der Waals surface area contributed by atoms with Crippen LogP contribution >= 0.6 is 11.6 Å². The zero-order valence-electron chi connectivity index (χ0n) is 10.5. The van der Waals surface area contributed by atoms with Crippen molar-refractivity contribution in [2.75, 3.05) is 17.2 Å². The zero-order valence-corrected chi connectivity index (χ0v) is 11.2. The summed E-state index contributed by atoms with van der Waals surface area (Å²) in [4.78, 5) is 10.8. The lowest BCUT2D eigenvalue weighted by atomic mass is 10.1. The van der Waals surface area contributed by atoms with Crippen LogP contribution in [0.25, 0.3) is 0 Å². The van der Waals surface area contributed by atoms with Crippen LogP contribution < -0.4 is 10.6 Å². The Kier molecular flexibility index (Phi) is 3.25. The maximum absolute atomic E-state index is 6.04. The number of hydrogen-bond donors (Lipinski definition) is 1. The average Bonchev–Trinajstić information content (AvgIpc) is 2.89. The first-order chi connectivity index (χ1) is 9.25. The lowest BCUT2D eigenvalue weighted by Crippen LogP contribution is -2.24. The summed E-state index contributed by atoms with van der Waals surface area (Å²) in [7, 11) is 0. The first-order valence-corrected chi connectivity index (χ1v) is 6.71. The summed E-state index contributed by atoms with van der Waals surface area (Å²) in [6.07, 6.45) is 7.57. The van der Waals surface area contributed by atoms with Crippen molar-refractivity contribution in [2.24, 2.45) is 0 Å². The Bertz CT molecular complexity index is 573. The second kappa shape index (κ2) is 5.05. The van der Waals surface area contributed by atoms with Gasteiger partial charge in [0.2, 0.25) is 0 Å². The standard InChI is InChI=1S/C14H15ClN4/c15-11-7-12(16)14(18-9-11)19-6-2-4-13(19)10-3-1-5-17-8-10/h1,3,5,7-9,13H,2,4,6,16H2. The molecule has 2 aromatic rings. The Hall–Kier alpha value is -1.81. The van der Waals surface area contributed by atoms with E-state index in [2.05, 4.69) is 20.9 Å². The molecule has 0 aromatic carbocycles. The van der Waals surface area contributed by atoms with Gasteiger partial charge in [0.25, 0.3) is 0 Å². The fraction of sp³-hybridized carbons (Fsp3) is 0.286. The van der Waals surface area contributed by atoms with Gasteiger partial charge in [-0.25, -0.2) is 4.98 Å². The Balaban J connectivity index is 1.95. The highest BCUT2D eigenvalue weighted by Gasteiger charge is 2.28. The second-order valence-corrected chi connectivity index (χ2v) is 5.14. The predicted octanol–water partition coefficient (Wildman–Crippen LogP) is 3.05. The molecule has 4 nitrogen and oxygen atoms in total. The monoisotopic (exact) mass is 274 g/mol. The third-order valence-electron chi connectivity index (χ3n) is 3.46. The molecule has 3 rings (SSSR count). The van der Waals surface area contributed by atoms with E-state index in [0.717, 1.165) is 25.2 Å². The molecule has 0 saturated carbocycles. The molecule has 1 saturated heterocycles. The molecule has 1 aliphatic heterocycles. The van der Waals surface area contributed by atoms with E-state index in [-0.39, 0.29) is 0 Å². The summed E-state index contributed by atoms with van der Waals surface area (Å²) in [5, 5.41) is 0.568. The molecular formula is C14H15ClN4. The maximum atomic E-state index is 6.04. The summed E-state index contributed by atoms with van der Waals surface area (Å²) in [5.74, 6) is 0.816. The van der Waals surface area contributed by atoms with E-state index in [1.165, 1.54) is 5.56 Å². The van der Waals surface area contributed by atoms with Crippen LogP contribution in [0, 0.1) is 0 Å². The van der Waals surface area contributed by atoms with Crippen molar-refractivity contribution in [2.45, 2.75) is 18.9 Å². The van der Waals surface area contributed by atoms with Gasteiger partial charge in [-0.15, -0.1) is 0 Å². The number of anilines is 2. The Morgan fingerprint density at radius 2 is 2.26 bits per heavy atom. The molecule has 1 aliphatic rings. The van der Waals surface area contributed by atoms with E-state index in [1.54, 1.807) is 18.5 Å². The van der Waals surface area contributed by atoms with E-state index in [0.29, 0.717) is 16.8 Å². The van der Waals surface area contributed by atoms with Crippen LogP contribution in [0.3, 0.4) is 0 Å². The van der Waals surface area contributed by atoms with E-state index in [4.69, 9.17) is 17.3 Å². The van der Waals surface area contributed by atoms with Crippen molar-refractivity contribution in [3.8, 4) is 0 Å². The van der Waals surface area contributed by atoms with Crippen molar-refractivity contribution in [3.05, 3.63) is 47.4 Å². The minimum absolute atomic E-state index is 0.296. The van der Waals surface area contributed by atoms with Crippen LogP contribution in [0.4, 0.5) is 11.5 Å². The molecule has 0 aliphatic carbocycles. The molecule has 0 radical (unpaired) electrons. The van der Waals surface area contributed by atoms with Gasteiger partial charge in [-0.3, -0.25) is 4.98 Å². The summed E-state index contributed by atoms with van der Waals surface area (Å²) in [5.41, 5.74) is 7.87. The SMILES string of the molecule is Nc1cc(Cl)cnc1N1CCCC1c1cccnc1. The van der Waals surface area contributed by atoms with Crippen LogP contribution in [-0.4, -0.2) is 16.5 Å². The first kappa shape index (κ1) is 12.2. The minimum Gasteiger partial charge on any atom is -0.396 e. The van der Waals surface area contributed by atoms with E-state index >= 15 is 0 Å². The molecule has 1 atom stereocenters. The fourth-order valence-electron chi connectivity index (χ4n) is 2.63. The number of halogens is 1. The molecule has 0 amide bonds. The quantitative estimate of drug-likeness (QED) is 0.914. The van der Waals surface area contributed by atoms with Gasteiger partial charge in [0.1, 0.15) is 0 Å². The number of rotatable bonds is 2. The highest BCUT2D eigenvalue weighted by molar-refractivity contribution is 6.30. The topological polar surface area (TPSA) is 55.0 Å². The van der Waals surface area contributed by atoms with Crippen LogP contribution in [-0.2, 0) is 0 Å². The number of nitrogen functional groups attached to an aromatic ring is 1. The summed E-state index contributed by atoms with van der Waals surface area (Å²) in [6.45, 7) is 0.957. The molecule has 19 heavy (non-hydrogen) atoms. The highest BCUT2D eigenvalue weighted by atomic mass is 35.5. The molecule has 98 valence electrons. The van der Waals surface area contributed by atoms with Crippen LogP contribution in [0.15, 0.2) is 36.8 Å². The number of aromatic nitrogens is 2. The fourth-order valence-corrected chi connectivity index (χ4v) is 2.79. The van der Waals surface area contributed by atoms with Crippen molar-refractivity contribution in [3.63, 3.8) is 0 Å². The molecule has 5 heteroatoms. The van der Waals surface area contributed by atoms with Crippen LogP contribution in [0.2, 0.25) is 5.02 Å². The highest BCUT2D eigenvalue weighted by Crippen LogP contribution is 2.37. The molecule has 0 bridgehead atoms. The van der Waals surface area contributed by atoms with Crippen molar-refractivity contribution < 1.29 is 0 Å². The Morgan fingerprint density at radius 3 is 3.00 bits per heavy atom. The largest absolute Gasteiger partial charge is 0.396 e. The van der Waals surface area contributed by atoms with Gasteiger partial charge >= 0.3 is 0 Å². The van der Waals surface area contributed by atoms with Gasteiger partial charge in [0, 0.05) is 25.1 Å².